The van der Waals surface area contributed by atoms with Crippen LogP contribution in [0.3, 0.4) is 0 Å². The van der Waals surface area contributed by atoms with Gasteiger partial charge in [0, 0.05) is 39.3 Å². The molecule has 2 N–H and O–H groups in total. The van der Waals surface area contributed by atoms with Gasteiger partial charge in [-0.25, -0.2) is 0 Å². The number of amides is 1. The molecule has 0 aromatic carbocycles. The van der Waals surface area contributed by atoms with Gasteiger partial charge in [0.2, 0.25) is 0 Å². The van der Waals surface area contributed by atoms with Crippen molar-refractivity contribution in [1.82, 2.24) is 29.4 Å². The lowest BCUT2D eigenvalue weighted by Crippen LogP contribution is -2.40. The Morgan fingerprint density at radius 2 is 2.24 bits per heavy atom. The van der Waals surface area contributed by atoms with Gasteiger partial charge in [-0.1, -0.05) is 0 Å². The van der Waals surface area contributed by atoms with Crippen molar-refractivity contribution in [3.63, 3.8) is 0 Å². The van der Waals surface area contributed by atoms with Crippen LogP contribution in [0.15, 0.2) is 12.5 Å². The molecule has 0 spiro atoms. The number of nitrogens with zero attached hydrogens (tertiary/aromatic N) is 6. The lowest BCUT2D eigenvalue weighted by Gasteiger charge is -2.31. The molecule has 0 radical (unpaired) electrons. The smallest absolute Gasteiger partial charge is 0.276 e. The first kappa shape index (κ1) is 13.6. The lowest BCUT2D eigenvalue weighted by molar-refractivity contribution is 0.0697. The average molecular weight is 289 g/mol. The highest BCUT2D eigenvalue weighted by atomic mass is 16.2. The first-order valence-corrected chi connectivity index (χ1v) is 6.98. The third kappa shape index (κ3) is 2.48. The number of likely N-dealkylation sites (tertiary alicyclic amines) is 1. The van der Waals surface area contributed by atoms with Gasteiger partial charge < -0.3 is 15.2 Å². The summed E-state index contributed by atoms with van der Waals surface area (Å²) < 4.78 is 3.47. The molecule has 8 heteroatoms. The van der Waals surface area contributed by atoms with Gasteiger partial charge in [0.15, 0.2) is 5.69 Å². The van der Waals surface area contributed by atoms with Gasteiger partial charge in [-0.05, 0) is 12.8 Å². The average Bonchev–Trinajstić information content (AvgIpc) is 3.03. The van der Waals surface area contributed by atoms with Crippen molar-refractivity contribution in [3.05, 3.63) is 24.0 Å². The Hall–Kier alpha value is -2.38. The minimum Gasteiger partial charge on any atom is -0.396 e. The number of nitrogens with two attached hydrogens (primary N) is 1. The zero-order valence-corrected chi connectivity index (χ0v) is 12.2. The van der Waals surface area contributed by atoms with Crippen LogP contribution in [0.2, 0.25) is 0 Å². The number of carbonyl (C=O) groups is 1. The summed E-state index contributed by atoms with van der Waals surface area (Å²) in [4.78, 5) is 14.4. The first-order chi connectivity index (χ1) is 10.1. The third-order valence-corrected chi connectivity index (χ3v) is 3.88. The second-order valence-electron chi connectivity index (χ2n) is 5.50. The summed E-state index contributed by atoms with van der Waals surface area (Å²) in [6.45, 7) is 1.35. The predicted molar refractivity (Wildman–Crippen MR) is 76.5 cm³/mol. The van der Waals surface area contributed by atoms with Crippen LogP contribution in [0, 0.1) is 0 Å². The van der Waals surface area contributed by atoms with E-state index in [0.29, 0.717) is 17.9 Å². The molecule has 1 unspecified atom stereocenters. The molecule has 3 rings (SSSR count). The molecule has 112 valence electrons. The predicted octanol–water partition coefficient (Wildman–Crippen LogP) is 0.151. The van der Waals surface area contributed by atoms with Gasteiger partial charge in [0.05, 0.1) is 5.69 Å². The van der Waals surface area contributed by atoms with Crippen molar-refractivity contribution in [2.24, 2.45) is 14.1 Å². The number of hydrogen-bond acceptors (Lipinski definition) is 5. The second kappa shape index (κ2) is 5.19. The molecule has 1 aliphatic heterocycles. The molecule has 0 aliphatic carbocycles. The van der Waals surface area contributed by atoms with Gasteiger partial charge in [-0.3, -0.25) is 9.48 Å². The first-order valence-electron chi connectivity index (χ1n) is 6.98. The quantitative estimate of drug-likeness (QED) is 0.849. The van der Waals surface area contributed by atoms with E-state index in [1.807, 2.05) is 16.5 Å². The zero-order valence-electron chi connectivity index (χ0n) is 12.2. The second-order valence-corrected chi connectivity index (χ2v) is 5.50. The molecule has 1 saturated heterocycles. The van der Waals surface area contributed by atoms with Crippen LogP contribution < -0.4 is 5.73 Å². The van der Waals surface area contributed by atoms with E-state index in [2.05, 4.69) is 15.3 Å². The molecule has 3 heterocycles. The van der Waals surface area contributed by atoms with Gasteiger partial charge >= 0.3 is 0 Å². The SMILES string of the molecule is Cn1cc(N)c(C(=O)N2CCCC(c3nncn3C)C2)n1. The molecule has 2 aromatic heterocycles. The van der Waals surface area contributed by atoms with Crippen molar-refractivity contribution in [2.45, 2.75) is 18.8 Å². The summed E-state index contributed by atoms with van der Waals surface area (Å²) in [6.07, 6.45) is 5.29. The normalized spacial score (nSPS) is 19.0. The monoisotopic (exact) mass is 289 g/mol. The van der Waals surface area contributed by atoms with E-state index in [1.165, 1.54) is 0 Å². The third-order valence-electron chi connectivity index (χ3n) is 3.88. The number of hydrogen-bond donors (Lipinski definition) is 1. The fourth-order valence-electron chi connectivity index (χ4n) is 2.86. The van der Waals surface area contributed by atoms with Crippen LogP contribution in [0.4, 0.5) is 5.69 Å². The van der Waals surface area contributed by atoms with Gasteiger partial charge in [-0.2, -0.15) is 5.10 Å². The minimum absolute atomic E-state index is 0.111. The van der Waals surface area contributed by atoms with Crippen molar-refractivity contribution in [1.29, 1.82) is 0 Å². The molecule has 0 bridgehead atoms. The van der Waals surface area contributed by atoms with Gasteiger partial charge in [-0.15, -0.1) is 10.2 Å². The Morgan fingerprint density at radius 1 is 1.43 bits per heavy atom. The number of carbonyl (C=O) groups excluding carboxylic acids is 1. The van der Waals surface area contributed by atoms with Crippen LogP contribution in [0.5, 0.6) is 0 Å². The number of anilines is 1. The van der Waals surface area contributed by atoms with Crippen molar-refractivity contribution in [2.75, 3.05) is 18.8 Å². The van der Waals surface area contributed by atoms with Crippen LogP contribution in [-0.2, 0) is 14.1 Å². The molecule has 2 aromatic rings. The Bertz CT molecular complexity index is 659. The minimum atomic E-state index is -0.111. The van der Waals surface area contributed by atoms with Crippen LogP contribution in [-0.4, -0.2) is 48.4 Å². The van der Waals surface area contributed by atoms with E-state index in [1.54, 1.807) is 24.3 Å². The summed E-state index contributed by atoms with van der Waals surface area (Å²) in [7, 11) is 3.68. The summed E-state index contributed by atoms with van der Waals surface area (Å²) >= 11 is 0. The van der Waals surface area contributed by atoms with Gasteiger partial charge in [0.1, 0.15) is 12.2 Å². The highest BCUT2D eigenvalue weighted by Crippen LogP contribution is 2.26. The summed E-state index contributed by atoms with van der Waals surface area (Å²) in [5.41, 5.74) is 6.59. The number of rotatable bonds is 2. The highest BCUT2D eigenvalue weighted by molar-refractivity contribution is 5.97. The standard InChI is InChI=1S/C13H19N7O/c1-18-8-15-16-12(18)9-4-3-5-20(6-9)13(21)11-10(14)7-19(2)17-11/h7-9H,3-6,14H2,1-2H3. The number of aryl methyl sites for hydroxylation is 2. The van der Waals surface area contributed by atoms with E-state index in [4.69, 9.17) is 5.73 Å². The van der Waals surface area contributed by atoms with Crippen LogP contribution in [0.1, 0.15) is 35.1 Å². The topological polar surface area (TPSA) is 94.9 Å². The van der Waals surface area contributed by atoms with Crippen LogP contribution in [0.25, 0.3) is 0 Å². The Balaban J connectivity index is 1.79. The van der Waals surface area contributed by atoms with Crippen LogP contribution >= 0.6 is 0 Å². The fraction of sp³-hybridized carbons (Fsp3) is 0.538. The van der Waals surface area contributed by atoms with E-state index in [9.17, 15) is 4.79 Å². The highest BCUT2D eigenvalue weighted by Gasteiger charge is 2.29. The Labute approximate surface area is 122 Å². The number of piperidine rings is 1. The van der Waals surface area contributed by atoms with E-state index < -0.39 is 0 Å². The van der Waals surface area contributed by atoms with Crippen molar-refractivity contribution >= 4 is 11.6 Å². The van der Waals surface area contributed by atoms with E-state index in [0.717, 1.165) is 25.2 Å². The fourth-order valence-corrected chi connectivity index (χ4v) is 2.86. The molecular formula is C13H19N7O. The van der Waals surface area contributed by atoms with E-state index >= 15 is 0 Å². The zero-order chi connectivity index (χ0) is 15.0. The number of nitrogen functional groups attached to an aromatic ring is 1. The molecule has 0 saturated carbocycles. The lowest BCUT2D eigenvalue weighted by atomic mass is 9.97. The Morgan fingerprint density at radius 3 is 2.86 bits per heavy atom. The summed E-state index contributed by atoms with van der Waals surface area (Å²) in [5.74, 6) is 1.02. The summed E-state index contributed by atoms with van der Waals surface area (Å²) in [5, 5.41) is 12.2. The van der Waals surface area contributed by atoms with Crippen molar-refractivity contribution in [3.8, 4) is 0 Å². The molecular weight excluding hydrogens is 270 g/mol. The molecule has 1 fully saturated rings. The van der Waals surface area contributed by atoms with Crippen molar-refractivity contribution < 1.29 is 4.79 Å². The number of aromatic nitrogens is 5. The molecule has 1 amide bonds. The van der Waals surface area contributed by atoms with Gasteiger partial charge in [0.25, 0.3) is 5.91 Å². The molecule has 8 nitrogen and oxygen atoms in total. The largest absolute Gasteiger partial charge is 0.396 e. The Kier molecular flexibility index (Phi) is 3.36. The summed E-state index contributed by atoms with van der Waals surface area (Å²) in [6, 6.07) is 0. The maximum Gasteiger partial charge on any atom is 0.276 e. The molecule has 1 atom stereocenters. The maximum absolute atomic E-state index is 12.6. The molecule has 1 aliphatic rings. The maximum atomic E-state index is 12.6. The molecule has 21 heavy (non-hydrogen) atoms. The van der Waals surface area contributed by atoms with E-state index in [-0.39, 0.29) is 11.8 Å².